The lowest BCUT2D eigenvalue weighted by atomic mass is 10.0. The number of nitriles is 1. The average Bonchev–Trinajstić information content (AvgIpc) is 3.11. The van der Waals surface area contributed by atoms with Gasteiger partial charge in [0.25, 0.3) is 5.91 Å². The number of methoxy groups -OCH3 is 1. The van der Waals surface area contributed by atoms with E-state index in [1.807, 2.05) is 42.5 Å². The van der Waals surface area contributed by atoms with E-state index >= 15 is 0 Å². The molecule has 1 N–H and O–H groups in total. The van der Waals surface area contributed by atoms with E-state index in [0.717, 1.165) is 47.8 Å². The van der Waals surface area contributed by atoms with Crippen molar-refractivity contribution in [1.82, 2.24) is 5.32 Å². The third-order valence-corrected chi connectivity index (χ3v) is 4.44. The van der Waals surface area contributed by atoms with Crippen LogP contribution in [-0.4, -0.2) is 19.1 Å². The highest BCUT2D eigenvalue weighted by atomic mass is 16.5. The molecule has 3 rings (SSSR count). The van der Waals surface area contributed by atoms with Gasteiger partial charge in [-0.25, -0.2) is 0 Å². The van der Waals surface area contributed by atoms with Gasteiger partial charge in [-0.1, -0.05) is 31.0 Å². The third-order valence-electron chi connectivity index (χ3n) is 4.44. The first-order chi connectivity index (χ1) is 11.7. The van der Waals surface area contributed by atoms with Gasteiger partial charge >= 0.3 is 0 Å². The summed E-state index contributed by atoms with van der Waals surface area (Å²) in [5, 5.41) is 14.4. The molecule has 0 aromatic heterocycles. The molecule has 122 valence electrons. The van der Waals surface area contributed by atoms with Crippen LogP contribution in [0.2, 0.25) is 0 Å². The molecule has 1 aliphatic rings. The van der Waals surface area contributed by atoms with Crippen molar-refractivity contribution in [3.05, 3.63) is 47.5 Å². The van der Waals surface area contributed by atoms with Crippen molar-refractivity contribution in [3.8, 4) is 11.8 Å². The van der Waals surface area contributed by atoms with Crippen molar-refractivity contribution in [1.29, 1.82) is 5.26 Å². The first-order valence-electron chi connectivity index (χ1n) is 8.20. The van der Waals surface area contributed by atoms with Gasteiger partial charge in [0, 0.05) is 6.04 Å². The zero-order chi connectivity index (χ0) is 16.9. The molecular weight excluding hydrogens is 300 g/mol. The van der Waals surface area contributed by atoms with Gasteiger partial charge in [0.05, 0.1) is 7.11 Å². The van der Waals surface area contributed by atoms with E-state index in [1.54, 1.807) is 13.2 Å². The second-order valence-electron chi connectivity index (χ2n) is 6.10. The third kappa shape index (κ3) is 3.57. The molecule has 0 unspecified atom stereocenters. The highest BCUT2D eigenvalue weighted by molar-refractivity contribution is 6.02. The van der Waals surface area contributed by atoms with Crippen LogP contribution in [0.5, 0.6) is 5.75 Å². The van der Waals surface area contributed by atoms with Crippen LogP contribution in [0, 0.1) is 11.3 Å². The molecule has 4 nitrogen and oxygen atoms in total. The Hall–Kier alpha value is -2.80. The van der Waals surface area contributed by atoms with Crippen LogP contribution in [0.15, 0.2) is 42.0 Å². The number of hydrogen-bond acceptors (Lipinski definition) is 3. The summed E-state index contributed by atoms with van der Waals surface area (Å²) in [5.74, 6) is 0.527. The Morgan fingerprint density at radius 2 is 1.92 bits per heavy atom. The second kappa shape index (κ2) is 7.18. The lowest BCUT2D eigenvalue weighted by Crippen LogP contribution is -2.33. The molecule has 2 aromatic carbocycles. The first kappa shape index (κ1) is 16.1. The van der Waals surface area contributed by atoms with Crippen LogP contribution in [0.3, 0.4) is 0 Å². The van der Waals surface area contributed by atoms with E-state index in [0.29, 0.717) is 0 Å². The predicted octanol–water partition coefficient (Wildman–Crippen LogP) is 3.81. The number of benzene rings is 2. The normalized spacial score (nSPS) is 15.2. The van der Waals surface area contributed by atoms with Crippen LogP contribution < -0.4 is 10.1 Å². The topological polar surface area (TPSA) is 62.1 Å². The molecule has 0 radical (unpaired) electrons. The molecule has 2 aromatic rings. The molecule has 0 aliphatic heterocycles. The number of hydrogen-bond donors (Lipinski definition) is 1. The summed E-state index contributed by atoms with van der Waals surface area (Å²) in [6.45, 7) is 0. The van der Waals surface area contributed by atoms with Crippen LogP contribution in [0.4, 0.5) is 0 Å². The second-order valence-corrected chi connectivity index (χ2v) is 6.10. The molecule has 4 heteroatoms. The number of ether oxygens (including phenoxy) is 1. The van der Waals surface area contributed by atoms with Crippen molar-refractivity contribution < 1.29 is 9.53 Å². The number of nitrogens with zero attached hydrogens (tertiary/aromatic N) is 1. The standard InChI is InChI=1S/C20H20N2O2/c1-24-19-9-8-15-10-14(6-7-16(15)12-19)11-17(13-21)20(23)22-18-4-2-3-5-18/h6-12,18H,2-5H2,1H3,(H,22,23)/b17-11+. The largest absolute Gasteiger partial charge is 0.497 e. The van der Waals surface area contributed by atoms with E-state index in [1.165, 1.54) is 0 Å². The summed E-state index contributed by atoms with van der Waals surface area (Å²) in [7, 11) is 1.64. The molecule has 0 atom stereocenters. The lowest BCUT2D eigenvalue weighted by Gasteiger charge is -2.11. The summed E-state index contributed by atoms with van der Waals surface area (Å²) in [6, 6.07) is 13.9. The molecule has 0 bridgehead atoms. The van der Waals surface area contributed by atoms with E-state index in [4.69, 9.17) is 4.74 Å². The number of carbonyl (C=O) groups excluding carboxylic acids is 1. The molecule has 1 aliphatic carbocycles. The number of fused-ring (bicyclic) bond motifs is 1. The summed E-state index contributed by atoms with van der Waals surface area (Å²) in [4.78, 5) is 12.3. The molecule has 1 saturated carbocycles. The van der Waals surface area contributed by atoms with E-state index in [-0.39, 0.29) is 17.5 Å². The molecule has 0 heterocycles. The van der Waals surface area contributed by atoms with E-state index in [2.05, 4.69) is 5.32 Å². The fraction of sp³-hybridized carbons (Fsp3) is 0.300. The Morgan fingerprint density at radius 3 is 2.62 bits per heavy atom. The summed E-state index contributed by atoms with van der Waals surface area (Å²) in [6.07, 6.45) is 5.94. The Bertz CT molecular complexity index is 827. The van der Waals surface area contributed by atoms with Crippen molar-refractivity contribution in [3.63, 3.8) is 0 Å². The maximum atomic E-state index is 12.3. The quantitative estimate of drug-likeness (QED) is 0.688. The monoisotopic (exact) mass is 320 g/mol. The first-order valence-corrected chi connectivity index (χ1v) is 8.20. The Morgan fingerprint density at radius 1 is 1.21 bits per heavy atom. The van der Waals surface area contributed by atoms with Crippen molar-refractivity contribution in [2.24, 2.45) is 0 Å². The van der Waals surface area contributed by atoms with Gasteiger partial charge in [0.15, 0.2) is 0 Å². The number of rotatable bonds is 4. The minimum absolute atomic E-state index is 0.148. The Balaban J connectivity index is 1.83. The molecule has 24 heavy (non-hydrogen) atoms. The SMILES string of the molecule is COc1ccc2cc(/C=C(\C#N)C(=O)NC3CCCC3)ccc2c1. The van der Waals surface area contributed by atoms with Crippen molar-refractivity contribution in [2.75, 3.05) is 7.11 Å². The van der Waals surface area contributed by atoms with Gasteiger partial charge in [-0.2, -0.15) is 5.26 Å². The maximum absolute atomic E-state index is 12.3. The van der Waals surface area contributed by atoms with E-state index in [9.17, 15) is 10.1 Å². The lowest BCUT2D eigenvalue weighted by molar-refractivity contribution is -0.117. The van der Waals surface area contributed by atoms with Gasteiger partial charge in [-0.3, -0.25) is 4.79 Å². The zero-order valence-corrected chi connectivity index (χ0v) is 13.7. The van der Waals surface area contributed by atoms with E-state index < -0.39 is 0 Å². The van der Waals surface area contributed by atoms with Crippen LogP contribution >= 0.6 is 0 Å². The van der Waals surface area contributed by atoms with Gasteiger partial charge in [0.2, 0.25) is 0 Å². The summed E-state index contributed by atoms with van der Waals surface area (Å²) >= 11 is 0. The fourth-order valence-corrected chi connectivity index (χ4v) is 3.11. The van der Waals surface area contributed by atoms with Gasteiger partial charge in [0.1, 0.15) is 17.4 Å². The zero-order valence-electron chi connectivity index (χ0n) is 13.7. The molecule has 1 fully saturated rings. The van der Waals surface area contributed by atoms with Gasteiger partial charge < -0.3 is 10.1 Å². The molecular formula is C20H20N2O2. The highest BCUT2D eigenvalue weighted by Gasteiger charge is 2.19. The van der Waals surface area contributed by atoms with Crippen molar-refractivity contribution >= 4 is 22.8 Å². The Kier molecular flexibility index (Phi) is 4.81. The van der Waals surface area contributed by atoms with Crippen LogP contribution in [0.25, 0.3) is 16.8 Å². The molecule has 1 amide bonds. The minimum Gasteiger partial charge on any atom is -0.497 e. The highest BCUT2D eigenvalue weighted by Crippen LogP contribution is 2.23. The summed E-state index contributed by atoms with van der Waals surface area (Å²) in [5.41, 5.74) is 0.987. The number of amides is 1. The Labute approximate surface area is 141 Å². The number of nitrogens with one attached hydrogen (secondary N) is 1. The minimum atomic E-state index is -0.278. The van der Waals surface area contributed by atoms with Crippen molar-refractivity contribution in [2.45, 2.75) is 31.7 Å². The molecule has 0 saturated heterocycles. The van der Waals surface area contributed by atoms with Gasteiger partial charge in [-0.05, 0) is 53.5 Å². The predicted molar refractivity (Wildman–Crippen MR) is 94.5 cm³/mol. The van der Waals surface area contributed by atoms with Crippen LogP contribution in [0.1, 0.15) is 31.2 Å². The average molecular weight is 320 g/mol. The molecule has 0 spiro atoms. The number of carbonyl (C=O) groups is 1. The van der Waals surface area contributed by atoms with Gasteiger partial charge in [-0.15, -0.1) is 0 Å². The maximum Gasteiger partial charge on any atom is 0.262 e. The van der Waals surface area contributed by atoms with Crippen LogP contribution in [-0.2, 0) is 4.79 Å². The fourth-order valence-electron chi connectivity index (χ4n) is 3.11. The smallest absolute Gasteiger partial charge is 0.262 e. The summed E-state index contributed by atoms with van der Waals surface area (Å²) < 4.78 is 5.22.